The molecule has 110 valence electrons. The van der Waals surface area contributed by atoms with Gasteiger partial charge < -0.3 is 9.31 Å². The van der Waals surface area contributed by atoms with Crippen LogP contribution >= 0.6 is 11.8 Å². The average Bonchev–Trinajstić information content (AvgIpc) is 2.57. The minimum Gasteiger partial charge on any atom is -0.399 e. The van der Waals surface area contributed by atoms with E-state index in [1.807, 2.05) is 51.6 Å². The Bertz CT molecular complexity index is 475. The predicted octanol–water partition coefficient (Wildman–Crippen LogP) is 3.38. The largest absolute Gasteiger partial charge is 0.497 e. The third-order valence-electron chi connectivity index (χ3n) is 4.04. The zero-order valence-corrected chi connectivity index (χ0v) is 13.6. The van der Waals surface area contributed by atoms with Crippen LogP contribution in [0.2, 0.25) is 0 Å². The van der Waals surface area contributed by atoms with Crippen LogP contribution in [0, 0.1) is 5.82 Å². The molecule has 0 aromatic heterocycles. The maximum absolute atomic E-state index is 14.1. The van der Waals surface area contributed by atoms with Crippen molar-refractivity contribution < 1.29 is 13.7 Å². The summed E-state index contributed by atoms with van der Waals surface area (Å²) in [6.45, 7) is 10.0. The highest BCUT2D eigenvalue weighted by Crippen LogP contribution is 2.36. The van der Waals surface area contributed by atoms with Gasteiger partial charge in [-0.25, -0.2) is 4.39 Å². The third-order valence-corrected chi connectivity index (χ3v) is 4.99. The lowest BCUT2D eigenvalue weighted by Crippen LogP contribution is -2.41. The molecule has 1 heterocycles. The number of hydrogen-bond acceptors (Lipinski definition) is 3. The Labute approximate surface area is 125 Å². The second-order valence-electron chi connectivity index (χ2n) is 6.08. The van der Waals surface area contributed by atoms with E-state index in [0.717, 1.165) is 17.1 Å². The number of thioether (sulfide) groups is 1. The van der Waals surface area contributed by atoms with Gasteiger partial charge in [0.25, 0.3) is 0 Å². The molecule has 1 saturated heterocycles. The van der Waals surface area contributed by atoms with Gasteiger partial charge in [-0.1, -0.05) is 19.1 Å². The topological polar surface area (TPSA) is 18.5 Å². The van der Waals surface area contributed by atoms with Crippen molar-refractivity contribution in [2.75, 3.05) is 5.75 Å². The molecule has 20 heavy (non-hydrogen) atoms. The Balaban J connectivity index is 2.25. The summed E-state index contributed by atoms with van der Waals surface area (Å²) in [7, 11) is -0.633. The predicted molar refractivity (Wildman–Crippen MR) is 84.0 cm³/mol. The fourth-order valence-electron chi connectivity index (χ4n) is 2.05. The van der Waals surface area contributed by atoms with Crippen LogP contribution < -0.4 is 5.46 Å². The van der Waals surface area contributed by atoms with E-state index in [1.54, 1.807) is 0 Å². The summed E-state index contributed by atoms with van der Waals surface area (Å²) in [4.78, 5) is 0. The standard InChI is InChI=1S/C15H22BFO2S/c1-6-20-10-11-7-8-13(17)12(9-11)16-18-14(2,3)15(4,5)19-16/h7-9H,6,10H2,1-5H3. The van der Waals surface area contributed by atoms with Gasteiger partial charge in [0.05, 0.1) is 11.2 Å². The SMILES string of the molecule is CCSCc1ccc(F)c(B2OC(C)(C)C(C)(C)O2)c1. The van der Waals surface area contributed by atoms with E-state index < -0.39 is 18.3 Å². The fourth-order valence-corrected chi connectivity index (χ4v) is 2.67. The van der Waals surface area contributed by atoms with Crippen LogP contribution in [-0.4, -0.2) is 24.1 Å². The highest BCUT2D eigenvalue weighted by Gasteiger charge is 2.52. The van der Waals surface area contributed by atoms with Crippen LogP contribution in [-0.2, 0) is 15.1 Å². The maximum atomic E-state index is 14.1. The minimum atomic E-state index is -0.633. The monoisotopic (exact) mass is 296 g/mol. The van der Waals surface area contributed by atoms with E-state index in [2.05, 4.69) is 6.92 Å². The molecule has 0 atom stereocenters. The van der Waals surface area contributed by atoms with E-state index in [0.29, 0.717) is 5.46 Å². The van der Waals surface area contributed by atoms with Gasteiger partial charge in [-0.2, -0.15) is 11.8 Å². The van der Waals surface area contributed by atoms with Gasteiger partial charge in [-0.05, 0) is 45.1 Å². The Morgan fingerprint density at radius 2 is 1.75 bits per heavy atom. The Morgan fingerprint density at radius 1 is 1.15 bits per heavy atom. The summed E-state index contributed by atoms with van der Waals surface area (Å²) in [6.07, 6.45) is 0. The van der Waals surface area contributed by atoms with Crippen molar-refractivity contribution in [1.29, 1.82) is 0 Å². The molecule has 0 amide bonds. The van der Waals surface area contributed by atoms with E-state index in [1.165, 1.54) is 6.07 Å². The highest BCUT2D eigenvalue weighted by atomic mass is 32.2. The van der Waals surface area contributed by atoms with Gasteiger partial charge in [0.2, 0.25) is 0 Å². The number of rotatable bonds is 4. The molecule has 0 radical (unpaired) electrons. The molecule has 0 bridgehead atoms. The van der Waals surface area contributed by atoms with Gasteiger partial charge >= 0.3 is 7.12 Å². The lowest BCUT2D eigenvalue weighted by Gasteiger charge is -2.32. The Hall–Kier alpha value is -0.515. The Morgan fingerprint density at radius 3 is 2.30 bits per heavy atom. The zero-order chi connectivity index (χ0) is 15.0. The number of hydrogen-bond donors (Lipinski definition) is 0. The molecular weight excluding hydrogens is 274 g/mol. The minimum absolute atomic E-state index is 0.270. The molecule has 1 fully saturated rings. The summed E-state index contributed by atoms with van der Waals surface area (Å²) in [5, 5.41) is 0. The number of benzene rings is 1. The van der Waals surface area contributed by atoms with Crippen molar-refractivity contribution in [3.63, 3.8) is 0 Å². The first kappa shape index (κ1) is 15.9. The quantitative estimate of drug-likeness (QED) is 0.794. The lowest BCUT2D eigenvalue weighted by atomic mass is 9.78. The van der Waals surface area contributed by atoms with E-state index in [9.17, 15) is 4.39 Å². The maximum Gasteiger partial charge on any atom is 0.497 e. The van der Waals surface area contributed by atoms with Gasteiger partial charge in [0.1, 0.15) is 5.82 Å². The molecule has 0 unspecified atom stereocenters. The summed E-state index contributed by atoms with van der Waals surface area (Å²) >= 11 is 1.81. The molecule has 0 aliphatic carbocycles. The van der Waals surface area contributed by atoms with Crippen molar-refractivity contribution in [3.8, 4) is 0 Å². The van der Waals surface area contributed by atoms with Crippen LogP contribution in [0.5, 0.6) is 0 Å². The van der Waals surface area contributed by atoms with Crippen LogP contribution in [0.15, 0.2) is 18.2 Å². The first-order valence-corrected chi connectivity index (χ1v) is 8.14. The van der Waals surface area contributed by atoms with E-state index >= 15 is 0 Å². The summed E-state index contributed by atoms with van der Waals surface area (Å²) in [6, 6.07) is 5.19. The van der Waals surface area contributed by atoms with Crippen molar-refractivity contribution in [2.24, 2.45) is 0 Å². The molecule has 0 N–H and O–H groups in total. The van der Waals surface area contributed by atoms with Gasteiger partial charge in [-0.15, -0.1) is 0 Å². The first-order chi connectivity index (χ1) is 9.27. The normalized spacial score (nSPS) is 20.4. The molecule has 1 aliphatic rings. The molecule has 1 aromatic rings. The lowest BCUT2D eigenvalue weighted by molar-refractivity contribution is 0.00578. The van der Waals surface area contributed by atoms with E-state index in [4.69, 9.17) is 9.31 Å². The van der Waals surface area contributed by atoms with Gasteiger partial charge in [0.15, 0.2) is 0 Å². The summed E-state index contributed by atoms with van der Waals surface area (Å²) in [5.74, 6) is 1.65. The fraction of sp³-hybridized carbons (Fsp3) is 0.600. The smallest absolute Gasteiger partial charge is 0.399 e. The second-order valence-corrected chi connectivity index (χ2v) is 7.36. The van der Waals surface area contributed by atoms with Crippen molar-refractivity contribution >= 4 is 24.3 Å². The second kappa shape index (κ2) is 5.70. The van der Waals surface area contributed by atoms with Gasteiger partial charge in [0, 0.05) is 11.2 Å². The third kappa shape index (κ3) is 3.05. The number of halogens is 1. The first-order valence-electron chi connectivity index (χ1n) is 6.98. The summed E-state index contributed by atoms with van der Waals surface area (Å²) < 4.78 is 25.9. The van der Waals surface area contributed by atoms with Crippen molar-refractivity contribution in [2.45, 2.75) is 51.6 Å². The summed E-state index contributed by atoms with van der Waals surface area (Å²) in [5.41, 5.74) is 0.706. The molecule has 0 spiro atoms. The van der Waals surface area contributed by atoms with E-state index in [-0.39, 0.29) is 5.82 Å². The highest BCUT2D eigenvalue weighted by molar-refractivity contribution is 7.98. The molecular formula is C15H22BFO2S. The van der Waals surface area contributed by atoms with Crippen LogP contribution in [0.25, 0.3) is 0 Å². The van der Waals surface area contributed by atoms with Crippen molar-refractivity contribution in [1.82, 2.24) is 0 Å². The molecule has 0 saturated carbocycles. The van der Waals surface area contributed by atoms with Crippen LogP contribution in [0.3, 0.4) is 0 Å². The average molecular weight is 296 g/mol. The van der Waals surface area contributed by atoms with Crippen LogP contribution in [0.1, 0.15) is 40.2 Å². The molecule has 2 rings (SSSR count). The molecule has 1 aromatic carbocycles. The van der Waals surface area contributed by atoms with Crippen molar-refractivity contribution in [3.05, 3.63) is 29.6 Å². The molecule has 1 aliphatic heterocycles. The van der Waals surface area contributed by atoms with Crippen LogP contribution in [0.4, 0.5) is 4.39 Å². The Kier molecular flexibility index (Phi) is 4.52. The molecule has 5 heteroatoms. The molecule has 2 nitrogen and oxygen atoms in total. The zero-order valence-electron chi connectivity index (χ0n) is 12.8. The van der Waals surface area contributed by atoms with Gasteiger partial charge in [-0.3, -0.25) is 0 Å².